The van der Waals surface area contributed by atoms with Gasteiger partial charge in [-0.15, -0.1) is 0 Å². The molecule has 2 heterocycles. The zero-order valence-corrected chi connectivity index (χ0v) is 16.1. The lowest BCUT2D eigenvalue weighted by atomic mass is 9.78. The first kappa shape index (κ1) is 18.3. The molecular weight excluding hydrogens is 317 g/mol. The van der Waals surface area contributed by atoms with E-state index in [1.165, 1.54) is 0 Å². The van der Waals surface area contributed by atoms with Gasteiger partial charge in [-0.2, -0.15) is 0 Å². The Morgan fingerprint density at radius 3 is 2.48 bits per heavy atom. The number of carbonyl (C=O) groups is 1. The van der Waals surface area contributed by atoms with Gasteiger partial charge in [-0.05, 0) is 57.1 Å². The molecule has 25 heavy (non-hydrogen) atoms. The fraction of sp³-hybridized carbons (Fsp3) is 0.632. The van der Waals surface area contributed by atoms with E-state index in [-0.39, 0.29) is 24.4 Å². The average Bonchev–Trinajstić information content (AvgIpc) is 3.02. The summed E-state index contributed by atoms with van der Waals surface area (Å²) < 4.78 is 17.6. The molecule has 0 N–H and O–H groups in total. The van der Waals surface area contributed by atoms with Gasteiger partial charge in [0.1, 0.15) is 0 Å². The van der Waals surface area contributed by atoms with Crippen molar-refractivity contribution in [2.24, 2.45) is 5.92 Å². The van der Waals surface area contributed by atoms with E-state index in [1.807, 2.05) is 53.7 Å². The van der Waals surface area contributed by atoms with Crippen molar-refractivity contribution in [3.63, 3.8) is 0 Å². The van der Waals surface area contributed by atoms with Crippen LogP contribution in [0.15, 0.2) is 18.2 Å². The second-order valence-corrected chi connectivity index (χ2v) is 8.35. The number of ether oxygens (including phenoxy) is 1. The zero-order chi connectivity index (χ0) is 18.4. The number of carbonyl (C=O) groups excluding carboxylic acids is 1. The Morgan fingerprint density at radius 1 is 1.24 bits per heavy atom. The van der Waals surface area contributed by atoms with Crippen molar-refractivity contribution in [2.45, 2.75) is 59.2 Å². The Bertz CT molecular complexity index is 655. The molecule has 3 rings (SSSR count). The quantitative estimate of drug-likeness (QED) is 0.790. The molecule has 0 bridgehead atoms. The predicted molar refractivity (Wildman–Crippen MR) is 99.4 cm³/mol. The van der Waals surface area contributed by atoms with Crippen molar-refractivity contribution in [2.75, 3.05) is 18.1 Å². The van der Waals surface area contributed by atoms with Crippen molar-refractivity contribution >= 4 is 24.4 Å². The summed E-state index contributed by atoms with van der Waals surface area (Å²) in [6.07, 6.45) is 0.551. The molecule has 1 saturated heterocycles. The first-order valence-corrected chi connectivity index (χ1v) is 9.03. The highest BCUT2D eigenvalue weighted by Crippen LogP contribution is 2.37. The van der Waals surface area contributed by atoms with Crippen molar-refractivity contribution in [3.05, 3.63) is 23.8 Å². The summed E-state index contributed by atoms with van der Waals surface area (Å²) in [5, 5.41) is 0. The standard InChI is InChI=1S/C19H28BNO4/c1-13(2)12-23-17(22)21-10-9-14-11-15(7-8-16(14)21)20-24-18(3,4)19(5,6)25-20/h7-8,11,13H,9-10,12H2,1-6H3. The van der Waals surface area contributed by atoms with Gasteiger partial charge in [0.15, 0.2) is 0 Å². The van der Waals surface area contributed by atoms with Crippen LogP contribution in [0, 0.1) is 5.92 Å². The minimum Gasteiger partial charge on any atom is -0.449 e. The number of hydrogen-bond acceptors (Lipinski definition) is 4. The first-order valence-electron chi connectivity index (χ1n) is 9.03. The van der Waals surface area contributed by atoms with Crippen LogP contribution in [0.3, 0.4) is 0 Å². The van der Waals surface area contributed by atoms with Crippen molar-refractivity contribution in [3.8, 4) is 0 Å². The van der Waals surface area contributed by atoms with E-state index in [0.717, 1.165) is 23.1 Å². The maximum atomic E-state index is 12.3. The summed E-state index contributed by atoms with van der Waals surface area (Å²) in [5.41, 5.74) is 2.34. The molecule has 0 atom stereocenters. The van der Waals surface area contributed by atoms with Crippen molar-refractivity contribution in [1.29, 1.82) is 0 Å². The lowest BCUT2D eigenvalue weighted by Gasteiger charge is -2.32. The Morgan fingerprint density at radius 2 is 1.88 bits per heavy atom. The second kappa shape index (κ2) is 6.33. The predicted octanol–water partition coefficient (Wildman–Crippen LogP) is 3.14. The summed E-state index contributed by atoms with van der Waals surface area (Å²) in [4.78, 5) is 14.0. The van der Waals surface area contributed by atoms with Crippen molar-refractivity contribution < 1.29 is 18.8 Å². The van der Waals surface area contributed by atoms with E-state index < -0.39 is 0 Å². The molecule has 5 nitrogen and oxygen atoms in total. The van der Waals surface area contributed by atoms with Gasteiger partial charge < -0.3 is 14.0 Å². The van der Waals surface area contributed by atoms with Crippen LogP contribution in [0.2, 0.25) is 0 Å². The summed E-state index contributed by atoms with van der Waals surface area (Å²) in [7, 11) is -0.378. The van der Waals surface area contributed by atoms with Crippen LogP contribution in [-0.2, 0) is 20.5 Å². The lowest BCUT2D eigenvalue weighted by molar-refractivity contribution is 0.00578. The molecule has 0 aromatic heterocycles. The van der Waals surface area contributed by atoms with Crippen LogP contribution in [0.5, 0.6) is 0 Å². The first-order chi connectivity index (χ1) is 11.6. The number of anilines is 1. The highest BCUT2D eigenvalue weighted by atomic mass is 16.7. The van der Waals surface area contributed by atoms with Crippen LogP contribution >= 0.6 is 0 Å². The molecule has 2 aliphatic heterocycles. The Labute approximate surface area is 150 Å². The molecular formula is C19H28BNO4. The topological polar surface area (TPSA) is 48.0 Å². The second-order valence-electron chi connectivity index (χ2n) is 8.35. The molecule has 0 radical (unpaired) electrons. The number of rotatable bonds is 3. The largest absolute Gasteiger partial charge is 0.494 e. The van der Waals surface area contributed by atoms with E-state index in [0.29, 0.717) is 19.1 Å². The fourth-order valence-corrected chi connectivity index (χ4v) is 3.05. The van der Waals surface area contributed by atoms with E-state index in [9.17, 15) is 4.79 Å². The number of benzene rings is 1. The minimum atomic E-state index is -0.378. The third kappa shape index (κ3) is 3.42. The molecule has 1 aromatic carbocycles. The minimum absolute atomic E-state index is 0.268. The fourth-order valence-electron chi connectivity index (χ4n) is 3.05. The zero-order valence-electron chi connectivity index (χ0n) is 16.1. The van der Waals surface area contributed by atoms with E-state index in [4.69, 9.17) is 14.0 Å². The number of nitrogens with zero attached hydrogens (tertiary/aromatic N) is 1. The smallest absolute Gasteiger partial charge is 0.449 e. The molecule has 0 spiro atoms. The van der Waals surface area contributed by atoms with Gasteiger partial charge in [0.25, 0.3) is 0 Å². The maximum absolute atomic E-state index is 12.3. The molecule has 2 aliphatic rings. The number of amides is 1. The van der Waals surface area contributed by atoms with E-state index in [1.54, 1.807) is 4.90 Å². The van der Waals surface area contributed by atoms with E-state index in [2.05, 4.69) is 6.07 Å². The van der Waals surface area contributed by atoms with Gasteiger partial charge in [0.05, 0.1) is 23.5 Å². The highest BCUT2D eigenvalue weighted by Gasteiger charge is 2.51. The molecule has 0 aliphatic carbocycles. The SMILES string of the molecule is CC(C)COC(=O)N1CCc2cc(B3OC(C)(C)C(C)(C)O3)ccc21. The summed E-state index contributed by atoms with van der Waals surface area (Å²) in [5.74, 6) is 0.330. The van der Waals surface area contributed by atoms with Crippen LogP contribution in [0.4, 0.5) is 10.5 Å². The molecule has 1 aromatic rings. The normalized spacial score (nSPS) is 20.9. The van der Waals surface area contributed by atoms with Gasteiger partial charge in [-0.3, -0.25) is 4.90 Å². The summed E-state index contributed by atoms with van der Waals surface area (Å²) in [6.45, 7) is 13.3. The molecule has 1 amide bonds. The van der Waals surface area contributed by atoms with E-state index >= 15 is 0 Å². The summed E-state index contributed by atoms with van der Waals surface area (Å²) >= 11 is 0. The Balaban J connectivity index is 1.75. The van der Waals surface area contributed by atoms with Gasteiger partial charge >= 0.3 is 13.2 Å². The molecule has 136 valence electrons. The van der Waals surface area contributed by atoms with Crippen LogP contribution in [-0.4, -0.2) is 37.6 Å². The van der Waals surface area contributed by atoms with Gasteiger partial charge in [-0.25, -0.2) is 4.79 Å². The molecule has 6 heteroatoms. The average molecular weight is 345 g/mol. The molecule has 0 saturated carbocycles. The highest BCUT2D eigenvalue weighted by molar-refractivity contribution is 6.62. The molecule has 0 unspecified atom stereocenters. The monoisotopic (exact) mass is 345 g/mol. The van der Waals surface area contributed by atoms with Crippen LogP contribution < -0.4 is 10.4 Å². The summed E-state index contributed by atoms with van der Waals surface area (Å²) in [6, 6.07) is 6.04. The Hall–Kier alpha value is -1.53. The van der Waals surface area contributed by atoms with Gasteiger partial charge in [0, 0.05) is 6.54 Å². The number of hydrogen-bond donors (Lipinski definition) is 0. The molecule has 1 fully saturated rings. The maximum Gasteiger partial charge on any atom is 0.494 e. The lowest BCUT2D eigenvalue weighted by Crippen LogP contribution is -2.41. The van der Waals surface area contributed by atoms with Gasteiger partial charge in [0.2, 0.25) is 0 Å². The Kier molecular flexibility index (Phi) is 4.62. The third-order valence-electron chi connectivity index (χ3n) is 5.29. The van der Waals surface area contributed by atoms with Crippen LogP contribution in [0.1, 0.15) is 47.1 Å². The van der Waals surface area contributed by atoms with Crippen LogP contribution in [0.25, 0.3) is 0 Å². The third-order valence-corrected chi connectivity index (χ3v) is 5.29. The van der Waals surface area contributed by atoms with Crippen molar-refractivity contribution in [1.82, 2.24) is 0 Å². The van der Waals surface area contributed by atoms with Gasteiger partial charge in [-0.1, -0.05) is 26.0 Å². The number of fused-ring (bicyclic) bond motifs is 1.